The minimum absolute atomic E-state index is 0.272. The fourth-order valence-corrected chi connectivity index (χ4v) is 1.43. The Bertz CT molecular complexity index is 466. The maximum Gasteiger partial charge on any atom is 0.131 e. The van der Waals surface area contributed by atoms with Crippen molar-refractivity contribution in [1.29, 1.82) is 0 Å². The molecule has 0 spiro atoms. The van der Waals surface area contributed by atoms with Gasteiger partial charge in [-0.1, -0.05) is 24.3 Å². The van der Waals surface area contributed by atoms with E-state index in [-0.39, 0.29) is 5.82 Å². The van der Waals surface area contributed by atoms with Gasteiger partial charge in [0.2, 0.25) is 0 Å². The highest BCUT2D eigenvalue weighted by Crippen LogP contribution is 2.25. The zero-order chi connectivity index (χ0) is 10.7. The Morgan fingerprint density at radius 1 is 1.27 bits per heavy atom. The van der Waals surface area contributed by atoms with Crippen LogP contribution in [0.25, 0.3) is 11.1 Å². The topological polar surface area (TPSA) is 9.23 Å². The van der Waals surface area contributed by atoms with Crippen LogP contribution in [-0.2, 0) is 0 Å². The van der Waals surface area contributed by atoms with E-state index in [1.807, 2.05) is 18.2 Å². The van der Waals surface area contributed by atoms with E-state index in [0.717, 1.165) is 11.3 Å². The van der Waals surface area contributed by atoms with Gasteiger partial charge in [0.05, 0.1) is 7.11 Å². The Balaban J connectivity index is 2.49. The fraction of sp³-hybridized carbons (Fsp3) is 0.0769. The molecular weight excluding hydrogens is 191 g/mol. The van der Waals surface area contributed by atoms with E-state index in [0.29, 0.717) is 5.56 Å². The zero-order valence-electron chi connectivity index (χ0n) is 8.33. The summed E-state index contributed by atoms with van der Waals surface area (Å²) in [7, 11) is 1.59. The molecule has 75 valence electrons. The Labute approximate surface area is 88.1 Å². The molecule has 0 aliphatic rings. The first kappa shape index (κ1) is 9.71. The molecule has 0 saturated carbocycles. The largest absolute Gasteiger partial charge is 0.497 e. The molecule has 0 N–H and O–H groups in total. The lowest BCUT2D eigenvalue weighted by Gasteiger charge is -2.05. The molecule has 0 unspecified atom stereocenters. The summed E-state index contributed by atoms with van der Waals surface area (Å²) in [5.74, 6) is 0.450. The number of methoxy groups -OCH3 is 1. The average Bonchev–Trinajstić information content (AvgIpc) is 2.30. The van der Waals surface area contributed by atoms with E-state index < -0.39 is 0 Å². The van der Waals surface area contributed by atoms with Crippen molar-refractivity contribution in [3.05, 3.63) is 54.3 Å². The first-order valence-electron chi connectivity index (χ1n) is 4.61. The summed E-state index contributed by atoms with van der Waals surface area (Å²) in [4.78, 5) is 0. The van der Waals surface area contributed by atoms with Crippen molar-refractivity contribution in [1.82, 2.24) is 0 Å². The lowest BCUT2D eigenvalue weighted by atomic mass is 10.1. The van der Waals surface area contributed by atoms with Crippen LogP contribution in [0.2, 0.25) is 0 Å². The second-order valence-electron chi connectivity index (χ2n) is 3.14. The molecule has 1 radical (unpaired) electrons. The average molecular weight is 201 g/mol. The molecule has 2 aromatic carbocycles. The van der Waals surface area contributed by atoms with E-state index in [1.54, 1.807) is 25.3 Å². The van der Waals surface area contributed by atoms with Crippen LogP contribution in [0.4, 0.5) is 4.39 Å². The molecule has 0 bridgehead atoms. The van der Waals surface area contributed by atoms with Gasteiger partial charge in [-0.15, -0.1) is 0 Å². The normalized spacial score (nSPS) is 10.0. The Kier molecular flexibility index (Phi) is 2.68. The van der Waals surface area contributed by atoms with Gasteiger partial charge in [0.1, 0.15) is 11.6 Å². The number of rotatable bonds is 2. The lowest BCUT2D eigenvalue weighted by molar-refractivity contribution is 0.415. The minimum atomic E-state index is -0.272. The standard InChI is InChI=1S/C13H10FO/c1-15-11-6-4-5-10(9-11)12-7-2-3-8-13(12)14/h2,4-9H,1H3. The molecule has 0 atom stereocenters. The number of hydrogen-bond acceptors (Lipinski definition) is 1. The molecule has 0 heterocycles. The molecule has 2 heteroatoms. The lowest BCUT2D eigenvalue weighted by Crippen LogP contribution is -1.86. The van der Waals surface area contributed by atoms with Crippen LogP contribution in [0.5, 0.6) is 5.75 Å². The van der Waals surface area contributed by atoms with Crippen molar-refractivity contribution in [3.63, 3.8) is 0 Å². The van der Waals surface area contributed by atoms with Gasteiger partial charge in [-0.2, -0.15) is 0 Å². The van der Waals surface area contributed by atoms with Crippen LogP contribution in [0.3, 0.4) is 0 Å². The quantitative estimate of drug-likeness (QED) is 0.724. The van der Waals surface area contributed by atoms with Crippen molar-refractivity contribution in [2.24, 2.45) is 0 Å². The molecular formula is C13H10FO. The van der Waals surface area contributed by atoms with Crippen molar-refractivity contribution in [2.45, 2.75) is 0 Å². The third-order valence-electron chi connectivity index (χ3n) is 2.19. The monoisotopic (exact) mass is 201 g/mol. The highest BCUT2D eigenvalue weighted by atomic mass is 19.1. The van der Waals surface area contributed by atoms with Gasteiger partial charge >= 0.3 is 0 Å². The first-order valence-corrected chi connectivity index (χ1v) is 4.61. The van der Waals surface area contributed by atoms with Crippen molar-refractivity contribution >= 4 is 0 Å². The second kappa shape index (κ2) is 4.13. The molecule has 0 saturated heterocycles. The summed E-state index contributed by atoms with van der Waals surface area (Å²) < 4.78 is 18.5. The van der Waals surface area contributed by atoms with Gasteiger partial charge in [0, 0.05) is 5.56 Å². The summed E-state index contributed by atoms with van der Waals surface area (Å²) >= 11 is 0. The summed E-state index contributed by atoms with van der Waals surface area (Å²) in [6, 6.07) is 14.7. The molecule has 0 aromatic heterocycles. The van der Waals surface area contributed by atoms with Crippen LogP contribution in [0, 0.1) is 11.9 Å². The van der Waals surface area contributed by atoms with Crippen LogP contribution >= 0.6 is 0 Å². The number of hydrogen-bond donors (Lipinski definition) is 0. The summed E-state index contributed by atoms with van der Waals surface area (Å²) in [5.41, 5.74) is 1.37. The minimum Gasteiger partial charge on any atom is -0.497 e. The predicted molar refractivity (Wildman–Crippen MR) is 57.2 cm³/mol. The maximum atomic E-state index is 13.4. The molecule has 15 heavy (non-hydrogen) atoms. The smallest absolute Gasteiger partial charge is 0.131 e. The molecule has 1 nitrogen and oxygen atoms in total. The van der Waals surface area contributed by atoms with Crippen LogP contribution in [-0.4, -0.2) is 7.11 Å². The number of benzene rings is 2. The Morgan fingerprint density at radius 2 is 2.13 bits per heavy atom. The van der Waals surface area contributed by atoms with Crippen LogP contribution in [0.15, 0.2) is 42.5 Å². The zero-order valence-corrected chi connectivity index (χ0v) is 8.33. The second-order valence-corrected chi connectivity index (χ2v) is 3.14. The molecule has 0 aliphatic carbocycles. The summed E-state index contributed by atoms with van der Waals surface area (Å²) in [6.07, 6.45) is 0. The predicted octanol–water partition coefficient (Wildman–Crippen LogP) is 3.30. The molecule has 0 fully saturated rings. The summed E-state index contributed by atoms with van der Waals surface area (Å²) in [6.45, 7) is 0. The molecule has 0 aliphatic heterocycles. The third kappa shape index (κ3) is 1.99. The summed E-state index contributed by atoms with van der Waals surface area (Å²) in [5, 5.41) is 0. The molecule has 0 amide bonds. The van der Waals surface area contributed by atoms with E-state index in [1.165, 1.54) is 6.07 Å². The Morgan fingerprint density at radius 3 is 2.87 bits per heavy atom. The highest BCUT2D eigenvalue weighted by Gasteiger charge is 2.04. The van der Waals surface area contributed by atoms with Gasteiger partial charge in [-0.25, -0.2) is 4.39 Å². The number of halogens is 1. The number of ether oxygens (including phenoxy) is 1. The van der Waals surface area contributed by atoms with Crippen LogP contribution < -0.4 is 4.74 Å². The van der Waals surface area contributed by atoms with E-state index >= 15 is 0 Å². The van der Waals surface area contributed by atoms with E-state index in [9.17, 15) is 4.39 Å². The Hall–Kier alpha value is -1.83. The van der Waals surface area contributed by atoms with Gasteiger partial charge < -0.3 is 4.74 Å². The first-order chi connectivity index (χ1) is 7.31. The van der Waals surface area contributed by atoms with Gasteiger partial charge in [-0.05, 0) is 29.8 Å². The van der Waals surface area contributed by atoms with Crippen molar-refractivity contribution < 1.29 is 9.13 Å². The maximum absolute atomic E-state index is 13.4. The van der Waals surface area contributed by atoms with Gasteiger partial charge in [0.25, 0.3) is 0 Å². The van der Waals surface area contributed by atoms with Gasteiger partial charge in [0.15, 0.2) is 0 Å². The molecule has 2 aromatic rings. The molecule has 2 rings (SSSR count). The van der Waals surface area contributed by atoms with Crippen LogP contribution in [0.1, 0.15) is 0 Å². The van der Waals surface area contributed by atoms with Gasteiger partial charge in [-0.3, -0.25) is 0 Å². The highest BCUT2D eigenvalue weighted by molar-refractivity contribution is 5.65. The van der Waals surface area contributed by atoms with Crippen molar-refractivity contribution in [2.75, 3.05) is 7.11 Å². The third-order valence-corrected chi connectivity index (χ3v) is 2.19. The SMILES string of the molecule is COc1cccc(-c2cc[c]cc2F)c1. The van der Waals surface area contributed by atoms with Crippen molar-refractivity contribution in [3.8, 4) is 16.9 Å². The van der Waals surface area contributed by atoms with E-state index in [2.05, 4.69) is 6.07 Å². The van der Waals surface area contributed by atoms with E-state index in [4.69, 9.17) is 4.74 Å². The fourth-order valence-electron chi connectivity index (χ4n) is 1.43.